The van der Waals surface area contributed by atoms with E-state index in [-0.39, 0.29) is 0 Å². The SMILES string of the molecule is CC(C)(CCBr)CCBr. The summed E-state index contributed by atoms with van der Waals surface area (Å²) in [7, 11) is 0. The van der Waals surface area contributed by atoms with Crippen LogP contribution in [0, 0.1) is 5.41 Å². The number of alkyl halides is 2. The Balaban J connectivity index is 3.43. The van der Waals surface area contributed by atoms with Crippen LogP contribution >= 0.6 is 31.9 Å². The summed E-state index contributed by atoms with van der Waals surface area (Å²) in [6.07, 6.45) is 2.52. The Bertz CT molecular complexity index is 61.3. The van der Waals surface area contributed by atoms with Crippen molar-refractivity contribution in [3.8, 4) is 0 Å². The molecule has 0 atom stereocenters. The van der Waals surface area contributed by atoms with Gasteiger partial charge in [0, 0.05) is 10.7 Å². The minimum Gasteiger partial charge on any atom is -0.0928 e. The minimum atomic E-state index is 0.507. The zero-order valence-corrected chi connectivity index (χ0v) is 9.26. The molecule has 0 aromatic rings. The minimum absolute atomic E-state index is 0.507. The van der Waals surface area contributed by atoms with Gasteiger partial charge in [0.25, 0.3) is 0 Å². The standard InChI is InChI=1S/C7H14Br2/c1-7(2,3-5-8)4-6-9/h3-6H2,1-2H3. The summed E-state index contributed by atoms with van der Waals surface area (Å²) in [4.78, 5) is 0. The highest BCUT2D eigenvalue weighted by atomic mass is 79.9. The first-order chi connectivity index (χ1) is 4.12. The molecule has 0 aliphatic rings. The highest BCUT2D eigenvalue weighted by Crippen LogP contribution is 2.26. The lowest BCUT2D eigenvalue weighted by Crippen LogP contribution is -2.11. The van der Waals surface area contributed by atoms with E-state index < -0.39 is 0 Å². The molecule has 0 aliphatic carbocycles. The third-order valence-corrected chi connectivity index (χ3v) is 2.34. The lowest BCUT2D eigenvalue weighted by molar-refractivity contribution is 0.346. The van der Waals surface area contributed by atoms with E-state index in [9.17, 15) is 0 Å². The average Bonchev–Trinajstić information content (AvgIpc) is 1.64. The van der Waals surface area contributed by atoms with Gasteiger partial charge in [-0.25, -0.2) is 0 Å². The predicted molar refractivity (Wildman–Crippen MR) is 50.6 cm³/mol. The van der Waals surface area contributed by atoms with Crippen LogP contribution in [0.15, 0.2) is 0 Å². The molecule has 0 nitrogen and oxygen atoms in total. The van der Waals surface area contributed by atoms with Gasteiger partial charge in [-0.2, -0.15) is 0 Å². The second-order valence-electron chi connectivity index (χ2n) is 3.04. The Morgan fingerprint density at radius 1 is 1.00 bits per heavy atom. The van der Waals surface area contributed by atoms with Crippen molar-refractivity contribution < 1.29 is 0 Å². The normalized spacial score (nSPS) is 12.0. The van der Waals surface area contributed by atoms with Gasteiger partial charge < -0.3 is 0 Å². The van der Waals surface area contributed by atoms with Crippen molar-refractivity contribution in [1.82, 2.24) is 0 Å². The quantitative estimate of drug-likeness (QED) is 0.676. The van der Waals surface area contributed by atoms with Crippen molar-refractivity contribution in [2.45, 2.75) is 26.7 Å². The zero-order valence-electron chi connectivity index (χ0n) is 6.08. The third-order valence-electron chi connectivity index (χ3n) is 1.54. The summed E-state index contributed by atoms with van der Waals surface area (Å²) in [6, 6.07) is 0. The molecule has 0 bridgehead atoms. The second kappa shape index (κ2) is 4.73. The van der Waals surface area contributed by atoms with Gasteiger partial charge in [0.1, 0.15) is 0 Å². The highest BCUT2D eigenvalue weighted by molar-refractivity contribution is 9.09. The van der Waals surface area contributed by atoms with Gasteiger partial charge in [-0.05, 0) is 18.3 Å². The second-order valence-corrected chi connectivity index (χ2v) is 4.63. The Labute approximate surface area is 74.7 Å². The van der Waals surface area contributed by atoms with E-state index in [4.69, 9.17) is 0 Å². The molecule has 0 unspecified atom stereocenters. The molecule has 56 valence electrons. The topological polar surface area (TPSA) is 0 Å². The smallest absolute Gasteiger partial charge is 0.00363 e. The zero-order chi connectivity index (χ0) is 7.33. The van der Waals surface area contributed by atoms with Crippen LogP contribution in [0.2, 0.25) is 0 Å². The van der Waals surface area contributed by atoms with Gasteiger partial charge in [0.2, 0.25) is 0 Å². The molecular weight excluding hydrogens is 244 g/mol. The number of rotatable bonds is 4. The van der Waals surface area contributed by atoms with Crippen LogP contribution in [0.25, 0.3) is 0 Å². The predicted octanol–water partition coefficient (Wildman–Crippen LogP) is 3.58. The van der Waals surface area contributed by atoms with Crippen molar-refractivity contribution in [1.29, 1.82) is 0 Å². The van der Waals surface area contributed by atoms with Crippen LogP contribution in [0.4, 0.5) is 0 Å². The van der Waals surface area contributed by atoms with E-state index >= 15 is 0 Å². The first-order valence-electron chi connectivity index (χ1n) is 3.24. The van der Waals surface area contributed by atoms with E-state index in [1.165, 1.54) is 12.8 Å². The molecule has 0 spiro atoms. The molecule has 0 radical (unpaired) electrons. The fraction of sp³-hybridized carbons (Fsp3) is 1.00. The lowest BCUT2D eigenvalue weighted by atomic mass is 9.88. The summed E-state index contributed by atoms with van der Waals surface area (Å²) in [5.41, 5.74) is 0.507. The summed E-state index contributed by atoms with van der Waals surface area (Å²) in [6.45, 7) is 4.60. The van der Waals surface area contributed by atoms with Crippen molar-refractivity contribution in [2.75, 3.05) is 10.7 Å². The monoisotopic (exact) mass is 256 g/mol. The summed E-state index contributed by atoms with van der Waals surface area (Å²) >= 11 is 6.88. The van der Waals surface area contributed by atoms with Crippen LogP contribution in [0.5, 0.6) is 0 Å². The third kappa shape index (κ3) is 5.41. The highest BCUT2D eigenvalue weighted by Gasteiger charge is 2.14. The Morgan fingerprint density at radius 2 is 1.33 bits per heavy atom. The van der Waals surface area contributed by atoms with Gasteiger partial charge in [-0.1, -0.05) is 45.7 Å². The molecule has 0 aliphatic heterocycles. The first kappa shape index (κ1) is 9.96. The first-order valence-corrected chi connectivity index (χ1v) is 5.48. The fourth-order valence-corrected chi connectivity index (χ4v) is 2.78. The Hall–Kier alpha value is 0.960. The number of hydrogen-bond donors (Lipinski definition) is 0. The van der Waals surface area contributed by atoms with Crippen molar-refractivity contribution >= 4 is 31.9 Å². The lowest BCUT2D eigenvalue weighted by Gasteiger charge is -2.21. The van der Waals surface area contributed by atoms with Crippen LogP contribution in [0.1, 0.15) is 26.7 Å². The van der Waals surface area contributed by atoms with Gasteiger partial charge in [0.05, 0.1) is 0 Å². The molecule has 0 aromatic carbocycles. The molecule has 0 N–H and O–H groups in total. The molecule has 9 heavy (non-hydrogen) atoms. The molecule has 0 saturated carbocycles. The van der Waals surface area contributed by atoms with Gasteiger partial charge in [0.15, 0.2) is 0 Å². The Morgan fingerprint density at radius 3 is 1.56 bits per heavy atom. The van der Waals surface area contributed by atoms with E-state index in [2.05, 4.69) is 45.7 Å². The molecule has 0 fully saturated rings. The van der Waals surface area contributed by atoms with Crippen LogP contribution in [-0.2, 0) is 0 Å². The fourth-order valence-electron chi connectivity index (χ4n) is 0.637. The summed E-state index contributed by atoms with van der Waals surface area (Å²) < 4.78 is 0. The number of hydrogen-bond acceptors (Lipinski definition) is 0. The molecule has 0 aromatic heterocycles. The summed E-state index contributed by atoms with van der Waals surface area (Å²) in [5.74, 6) is 0. The van der Waals surface area contributed by atoms with Crippen LogP contribution < -0.4 is 0 Å². The van der Waals surface area contributed by atoms with E-state index in [1.54, 1.807) is 0 Å². The summed E-state index contributed by atoms with van der Waals surface area (Å²) in [5, 5.41) is 2.24. The van der Waals surface area contributed by atoms with Crippen molar-refractivity contribution in [3.63, 3.8) is 0 Å². The van der Waals surface area contributed by atoms with Gasteiger partial charge >= 0.3 is 0 Å². The molecule has 0 heterocycles. The van der Waals surface area contributed by atoms with E-state index in [1.807, 2.05) is 0 Å². The van der Waals surface area contributed by atoms with Crippen LogP contribution in [0.3, 0.4) is 0 Å². The molecule has 0 saturated heterocycles. The Kier molecular flexibility index (Phi) is 5.23. The van der Waals surface area contributed by atoms with Crippen molar-refractivity contribution in [2.24, 2.45) is 5.41 Å². The van der Waals surface area contributed by atoms with Crippen molar-refractivity contribution in [3.05, 3.63) is 0 Å². The maximum Gasteiger partial charge on any atom is 0.00363 e. The molecule has 0 rings (SSSR count). The molecule has 2 heteroatoms. The average molecular weight is 258 g/mol. The van der Waals surface area contributed by atoms with Crippen LogP contribution in [-0.4, -0.2) is 10.7 Å². The van der Waals surface area contributed by atoms with Gasteiger partial charge in [-0.15, -0.1) is 0 Å². The largest absolute Gasteiger partial charge is 0.0928 e. The van der Waals surface area contributed by atoms with Gasteiger partial charge in [-0.3, -0.25) is 0 Å². The molecular formula is C7H14Br2. The van der Waals surface area contributed by atoms with E-state index in [0.717, 1.165) is 10.7 Å². The molecule has 0 amide bonds. The maximum absolute atomic E-state index is 3.44. The number of halogens is 2. The van der Waals surface area contributed by atoms with E-state index in [0.29, 0.717) is 5.41 Å². The maximum atomic E-state index is 3.44.